The molecule has 0 bridgehead atoms. The van der Waals surface area contributed by atoms with E-state index in [-0.39, 0.29) is 0 Å². The van der Waals surface area contributed by atoms with Gasteiger partial charge in [-0.25, -0.2) is 0 Å². The van der Waals surface area contributed by atoms with E-state index in [9.17, 15) is 0 Å². The van der Waals surface area contributed by atoms with Crippen LogP contribution in [0.15, 0.2) is 158 Å². The maximum atomic E-state index is 4.74. The zero-order valence-electron chi connectivity index (χ0n) is 22.8. The highest BCUT2D eigenvalue weighted by Crippen LogP contribution is 2.40. The van der Waals surface area contributed by atoms with Gasteiger partial charge in [0.2, 0.25) is 11.6 Å². The van der Waals surface area contributed by atoms with Crippen LogP contribution in [0, 0.1) is 0 Å². The van der Waals surface area contributed by atoms with Crippen molar-refractivity contribution < 1.29 is 0 Å². The minimum atomic E-state index is 0.482. The number of rotatable bonds is 6. The fourth-order valence-corrected chi connectivity index (χ4v) is 5.45. The minimum Gasteiger partial charge on any atom is -0.126 e. The van der Waals surface area contributed by atoms with Crippen molar-refractivity contribution >= 4 is 0 Å². The van der Waals surface area contributed by atoms with Gasteiger partial charge < -0.3 is 0 Å². The van der Waals surface area contributed by atoms with E-state index >= 15 is 0 Å². The molecule has 4 heteroatoms. The summed E-state index contributed by atoms with van der Waals surface area (Å²) >= 11 is 0. The van der Waals surface area contributed by atoms with Crippen LogP contribution in [0.25, 0.3) is 67.3 Å². The molecule has 0 amide bonds. The molecule has 0 N–H and O–H groups in total. The van der Waals surface area contributed by atoms with Crippen LogP contribution >= 0.6 is 0 Å². The molecule has 0 aliphatic rings. The van der Waals surface area contributed by atoms with E-state index in [4.69, 9.17) is 20.4 Å². The van der Waals surface area contributed by atoms with Gasteiger partial charge in [-0.3, -0.25) is 0 Å². The lowest BCUT2D eigenvalue weighted by atomic mass is 9.91. The predicted molar refractivity (Wildman–Crippen MR) is 170 cm³/mol. The Hall–Kier alpha value is -5.74. The van der Waals surface area contributed by atoms with E-state index in [0.717, 1.165) is 55.6 Å². The van der Waals surface area contributed by atoms with Crippen LogP contribution in [-0.4, -0.2) is 20.4 Å². The van der Waals surface area contributed by atoms with Gasteiger partial charge in [-0.15, -0.1) is 20.4 Å². The highest BCUT2D eigenvalue weighted by Gasteiger charge is 2.20. The second-order valence-electron chi connectivity index (χ2n) is 9.97. The second kappa shape index (κ2) is 11.4. The molecular formula is C38H26N4. The summed E-state index contributed by atoms with van der Waals surface area (Å²) in [6.07, 6.45) is 0. The zero-order chi connectivity index (χ0) is 28.1. The lowest BCUT2D eigenvalue weighted by molar-refractivity contribution is 0.877. The van der Waals surface area contributed by atoms with Crippen molar-refractivity contribution in [1.82, 2.24) is 20.4 Å². The lowest BCUT2D eigenvalue weighted by Crippen LogP contribution is -2.03. The van der Waals surface area contributed by atoms with E-state index in [0.29, 0.717) is 11.6 Å². The van der Waals surface area contributed by atoms with Gasteiger partial charge >= 0.3 is 0 Å². The van der Waals surface area contributed by atoms with Crippen molar-refractivity contribution in [3.05, 3.63) is 158 Å². The summed E-state index contributed by atoms with van der Waals surface area (Å²) < 4.78 is 0. The summed E-state index contributed by atoms with van der Waals surface area (Å²) in [5.74, 6) is 0.964. The molecule has 4 nitrogen and oxygen atoms in total. The Morgan fingerprint density at radius 2 is 0.476 bits per heavy atom. The summed E-state index contributed by atoms with van der Waals surface area (Å²) in [7, 11) is 0. The Bertz CT molecular complexity index is 1680. The molecule has 0 saturated heterocycles. The molecule has 0 atom stereocenters. The third-order valence-corrected chi connectivity index (χ3v) is 7.39. The number of benzene rings is 6. The minimum absolute atomic E-state index is 0.482. The van der Waals surface area contributed by atoms with Gasteiger partial charge in [-0.1, -0.05) is 158 Å². The summed E-state index contributed by atoms with van der Waals surface area (Å²) in [6, 6.07) is 53.8. The van der Waals surface area contributed by atoms with Crippen LogP contribution in [0.1, 0.15) is 0 Å². The van der Waals surface area contributed by atoms with Gasteiger partial charge in [-0.2, -0.15) is 0 Å². The predicted octanol–water partition coefficient (Wildman–Crippen LogP) is 9.27. The average Bonchev–Trinajstić information content (AvgIpc) is 3.09. The average molecular weight is 539 g/mol. The van der Waals surface area contributed by atoms with Gasteiger partial charge in [0.05, 0.1) is 0 Å². The highest BCUT2D eigenvalue weighted by atomic mass is 15.3. The summed E-state index contributed by atoms with van der Waals surface area (Å²) in [6.45, 7) is 0. The maximum absolute atomic E-state index is 4.74. The molecule has 0 aliphatic heterocycles. The van der Waals surface area contributed by atoms with Crippen molar-refractivity contribution in [2.45, 2.75) is 0 Å². The van der Waals surface area contributed by atoms with E-state index in [2.05, 4.69) is 84.9 Å². The van der Waals surface area contributed by atoms with Crippen molar-refractivity contribution in [1.29, 1.82) is 0 Å². The van der Waals surface area contributed by atoms with Crippen LogP contribution in [0.2, 0.25) is 0 Å². The maximum Gasteiger partial charge on any atom is 0.204 e. The number of hydrogen-bond acceptors (Lipinski definition) is 4. The summed E-state index contributed by atoms with van der Waals surface area (Å²) in [5, 5.41) is 19.0. The second-order valence-corrected chi connectivity index (χ2v) is 9.97. The summed E-state index contributed by atoms with van der Waals surface area (Å²) in [5.41, 5.74) is 10.3. The molecule has 0 unspecified atom stereocenters. The molecule has 0 fully saturated rings. The van der Waals surface area contributed by atoms with E-state index < -0.39 is 0 Å². The van der Waals surface area contributed by atoms with Crippen molar-refractivity contribution in [3.63, 3.8) is 0 Å². The topological polar surface area (TPSA) is 51.6 Å². The zero-order valence-corrected chi connectivity index (χ0v) is 22.8. The van der Waals surface area contributed by atoms with Crippen LogP contribution in [0.5, 0.6) is 0 Å². The first kappa shape index (κ1) is 25.2. The highest BCUT2D eigenvalue weighted by molar-refractivity contribution is 5.94. The quantitative estimate of drug-likeness (QED) is 0.212. The molecule has 0 saturated carbocycles. The Morgan fingerprint density at radius 3 is 0.714 bits per heavy atom. The fraction of sp³-hybridized carbons (Fsp3) is 0. The van der Waals surface area contributed by atoms with Crippen molar-refractivity contribution in [2.75, 3.05) is 0 Å². The van der Waals surface area contributed by atoms with E-state index in [1.54, 1.807) is 0 Å². The molecule has 0 aliphatic carbocycles. The van der Waals surface area contributed by atoms with Gasteiger partial charge in [0, 0.05) is 11.1 Å². The van der Waals surface area contributed by atoms with Crippen molar-refractivity contribution in [2.24, 2.45) is 0 Å². The molecule has 42 heavy (non-hydrogen) atoms. The number of aromatic nitrogens is 4. The summed E-state index contributed by atoms with van der Waals surface area (Å²) in [4.78, 5) is 0. The SMILES string of the molecule is c1ccc(-c2cccc(-c3ccccc3)c2-c2nnc(-c3c(-c4ccccc4)cccc3-c3ccccc3)nn2)cc1. The van der Waals surface area contributed by atoms with E-state index in [1.807, 2.05) is 72.8 Å². The van der Waals surface area contributed by atoms with Gasteiger partial charge in [0.1, 0.15) is 0 Å². The van der Waals surface area contributed by atoms with Crippen LogP contribution < -0.4 is 0 Å². The molecule has 1 aromatic heterocycles. The number of hydrogen-bond donors (Lipinski definition) is 0. The third kappa shape index (κ3) is 4.87. The van der Waals surface area contributed by atoms with Crippen LogP contribution in [0.3, 0.4) is 0 Å². The van der Waals surface area contributed by atoms with Gasteiger partial charge in [-0.05, 0) is 44.5 Å². The van der Waals surface area contributed by atoms with Gasteiger partial charge in [0.25, 0.3) is 0 Å². The molecule has 0 spiro atoms. The Kier molecular flexibility index (Phi) is 6.85. The standard InChI is InChI=1S/C38H26N4/c1-5-15-27(16-6-1)31-23-13-24-32(28-17-7-2-8-18-28)35(31)37-39-41-38(42-40-37)36-33(29-19-9-3-10-20-29)25-14-26-34(36)30-21-11-4-12-22-30/h1-26H. The molecule has 7 rings (SSSR count). The Labute approximate surface area is 245 Å². The third-order valence-electron chi connectivity index (χ3n) is 7.39. The van der Waals surface area contributed by atoms with Gasteiger partial charge in [0.15, 0.2) is 0 Å². The normalized spacial score (nSPS) is 10.9. The first-order valence-electron chi connectivity index (χ1n) is 13.9. The molecule has 0 radical (unpaired) electrons. The fourth-order valence-electron chi connectivity index (χ4n) is 5.45. The van der Waals surface area contributed by atoms with Crippen LogP contribution in [-0.2, 0) is 0 Å². The molecule has 1 heterocycles. The Balaban J connectivity index is 1.42. The number of nitrogens with zero attached hydrogens (tertiary/aromatic N) is 4. The lowest BCUT2D eigenvalue weighted by Gasteiger charge is -2.16. The van der Waals surface area contributed by atoms with E-state index in [1.165, 1.54) is 0 Å². The molecular weight excluding hydrogens is 512 g/mol. The first-order chi connectivity index (χ1) is 20.9. The smallest absolute Gasteiger partial charge is 0.126 e. The van der Waals surface area contributed by atoms with Crippen LogP contribution in [0.4, 0.5) is 0 Å². The monoisotopic (exact) mass is 538 g/mol. The first-order valence-corrected chi connectivity index (χ1v) is 13.9. The Morgan fingerprint density at radius 1 is 0.238 bits per heavy atom. The van der Waals surface area contributed by atoms with Crippen molar-refractivity contribution in [3.8, 4) is 67.3 Å². The molecule has 6 aromatic carbocycles. The molecule has 198 valence electrons. The largest absolute Gasteiger partial charge is 0.204 e. The molecule has 7 aromatic rings.